The van der Waals surface area contributed by atoms with Crippen molar-refractivity contribution in [1.82, 2.24) is 0 Å². The highest BCUT2D eigenvalue weighted by Gasteiger charge is 1.99. The van der Waals surface area contributed by atoms with Crippen LogP contribution in [0.5, 0.6) is 5.75 Å². The lowest BCUT2D eigenvalue weighted by Gasteiger charge is -2.05. The van der Waals surface area contributed by atoms with Gasteiger partial charge in [0.25, 0.3) is 0 Å². The summed E-state index contributed by atoms with van der Waals surface area (Å²) in [6, 6.07) is 7.84. The van der Waals surface area contributed by atoms with E-state index in [1.165, 1.54) is 12.7 Å². The van der Waals surface area contributed by atoms with Crippen molar-refractivity contribution in [3.05, 3.63) is 29.8 Å². The van der Waals surface area contributed by atoms with Crippen molar-refractivity contribution in [3.8, 4) is 5.75 Å². The SMILES string of the molecule is COC(=O)CCCOc1cccc(C)c1. The van der Waals surface area contributed by atoms with Crippen molar-refractivity contribution >= 4 is 5.97 Å². The highest BCUT2D eigenvalue weighted by molar-refractivity contribution is 5.68. The van der Waals surface area contributed by atoms with Crippen LogP contribution in [0.2, 0.25) is 0 Å². The average Bonchev–Trinajstić information content (AvgIpc) is 2.24. The molecule has 1 aromatic carbocycles. The molecule has 0 heterocycles. The first-order chi connectivity index (χ1) is 7.22. The number of hydrogen-bond donors (Lipinski definition) is 0. The minimum absolute atomic E-state index is 0.192. The molecule has 0 aliphatic rings. The van der Waals surface area contributed by atoms with E-state index in [1.807, 2.05) is 31.2 Å². The van der Waals surface area contributed by atoms with Crippen LogP contribution in [-0.2, 0) is 9.53 Å². The minimum atomic E-state index is -0.192. The van der Waals surface area contributed by atoms with Gasteiger partial charge in [-0.25, -0.2) is 0 Å². The lowest BCUT2D eigenvalue weighted by atomic mass is 10.2. The van der Waals surface area contributed by atoms with Gasteiger partial charge in [-0.2, -0.15) is 0 Å². The van der Waals surface area contributed by atoms with Gasteiger partial charge in [0.15, 0.2) is 0 Å². The summed E-state index contributed by atoms with van der Waals surface area (Å²) in [4.78, 5) is 10.8. The Kier molecular flexibility index (Phi) is 4.68. The van der Waals surface area contributed by atoms with E-state index in [9.17, 15) is 4.79 Å². The number of methoxy groups -OCH3 is 1. The first-order valence-corrected chi connectivity index (χ1v) is 4.98. The molecule has 0 aromatic heterocycles. The molecule has 0 atom stereocenters. The third kappa shape index (κ3) is 4.49. The van der Waals surface area contributed by atoms with Gasteiger partial charge in [-0.15, -0.1) is 0 Å². The molecule has 0 spiro atoms. The Balaban J connectivity index is 2.23. The summed E-state index contributed by atoms with van der Waals surface area (Å²) in [6.07, 6.45) is 1.09. The van der Waals surface area contributed by atoms with Crippen molar-refractivity contribution < 1.29 is 14.3 Å². The molecule has 0 bridgehead atoms. The first kappa shape index (κ1) is 11.6. The van der Waals surface area contributed by atoms with E-state index in [4.69, 9.17) is 4.74 Å². The molecule has 0 amide bonds. The van der Waals surface area contributed by atoms with Gasteiger partial charge in [-0.3, -0.25) is 4.79 Å². The fraction of sp³-hybridized carbons (Fsp3) is 0.417. The Morgan fingerprint density at radius 2 is 2.20 bits per heavy atom. The van der Waals surface area contributed by atoms with Gasteiger partial charge in [0.05, 0.1) is 13.7 Å². The normalized spacial score (nSPS) is 9.73. The number of benzene rings is 1. The number of rotatable bonds is 5. The van der Waals surface area contributed by atoms with Crippen LogP contribution < -0.4 is 4.74 Å². The molecule has 15 heavy (non-hydrogen) atoms. The molecule has 0 aliphatic heterocycles. The van der Waals surface area contributed by atoms with Gasteiger partial charge in [0.2, 0.25) is 0 Å². The number of esters is 1. The van der Waals surface area contributed by atoms with E-state index < -0.39 is 0 Å². The zero-order valence-corrected chi connectivity index (χ0v) is 9.16. The molecular weight excluding hydrogens is 192 g/mol. The van der Waals surface area contributed by atoms with Crippen LogP contribution in [0.1, 0.15) is 18.4 Å². The third-order valence-electron chi connectivity index (χ3n) is 2.01. The second kappa shape index (κ2) is 6.06. The van der Waals surface area contributed by atoms with E-state index in [-0.39, 0.29) is 5.97 Å². The summed E-state index contributed by atoms with van der Waals surface area (Å²) in [7, 11) is 1.39. The number of hydrogen-bond acceptors (Lipinski definition) is 3. The van der Waals surface area contributed by atoms with E-state index >= 15 is 0 Å². The minimum Gasteiger partial charge on any atom is -0.494 e. The van der Waals surface area contributed by atoms with Gasteiger partial charge in [-0.05, 0) is 31.0 Å². The lowest BCUT2D eigenvalue weighted by Crippen LogP contribution is -2.04. The maximum atomic E-state index is 10.8. The van der Waals surface area contributed by atoms with Crippen LogP contribution in [0.15, 0.2) is 24.3 Å². The van der Waals surface area contributed by atoms with E-state index in [0.717, 1.165) is 5.75 Å². The fourth-order valence-electron chi connectivity index (χ4n) is 1.21. The molecule has 1 aromatic rings. The zero-order chi connectivity index (χ0) is 11.1. The van der Waals surface area contributed by atoms with E-state index in [0.29, 0.717) is 19.4 Å². The van der Waals surface area contributed by atoms with Crippen LogP contribution in [0.3, 0.4) is 0 Å². The average molecular weight is 208 g/mol. The monoisotopic (exact) mass is 208 g/mol. The highest BCUT2D eigenvalue weighted by atomic mass is 16.5. The number of ether oxygens (including phenoxy) is 2. The van der Waals surface area contributed by atoms with Gasteiger partial charge < -0.3 is 9.47 Å². The summed E-state index contributed by atoms with van der Waals surface area (Å²) in [5, 5.41) is 0. The molecule has 0 saturated carbocycles. The molecule has 1 rings (SSSR count). The molecule has 3 nitrogen and oxygen atoms in total. The highest BCUT2D eigenvalue weighted by Crippen LogP contribution is 2.12. The first-order valence-electron chi connectivity index (χ1n) is 4.98. The van der Waals surface area contributed by atoms with E-state index in [2.05, 4.69) is 4.74 Å². The van der Waals surface area contributed by atoms with Gasteiger partial charge >= 0.3 is 5.97 Å². The Hall–Kier alpha value is -1.51. The summed E-state index contributed by atoms with van der Waals surface area (Å²) >= 11 is 0. The van der Waals surface area contributed by atoms with Gasteiger partial charge in [0.1, 0.15) is 5.75 Å². The van der Waals surface area contributed by atoms with Crippen molar-refractivity contribution in [2.45, 2.75) is 19.8 Å². The standard InChI is InChI=1S/C12H16O3/c1-10-5-3-6-11(9-10)15-8-4-7-12(13)14-2/h3,5-6,9H,4,7-8H2,1-2H3. The quantitative estimate of drug-likeness (QED) is 0.550. The number of carbonyl (C=O) groups excluding carboxylic acids is 1. The Morgan fingerprint density at radius 3 is 2.87 bits per heavy atom. The van der Waals surface area contributed by atoms with Crippen LogP contribution in [-0.4, -0.2) is 19.7 Å². The van der Waals surface area contributed by atoms with Crippen molar-refractivity contribution in [2.75, 3.05) is 13.7 Å². The molecule has 3 heteroatoms. The van der Waals surface area contributed by atoms with Crippen LogP contribution in [0, 0.1) is 6.92 Å². The molecule has 0 aliphatic carbocycles. The van der Waals surface area contributed by atoms with Crippen molar-refractivity contribution in [3.63, 3.8) is 0 Å². The second-order valence-electron chi connectivity index (χ2n) is 3.34. The predicted molar refractivity (Wildman–Crippen MR) is 57.9 cm³/mol. The molecule has 82 valence electrons. The largest absolute Gasteiger partial charge is 0.494 e. The number of carbonyl (C=O) groups is 1. The third-order valence-corrected chi connectivity index (χ3v) is 2.01. The van der Waals surface area contributed by atoms with Crippen LogP contribution >= 0.6 is 0 Å². The lowest BCUT2D eigenvalue weighted by molar-refractivity contribution is -0.140. The molecule has 0 radical (unpaired) electrons. The molecular formula is C12H16O3. The Bertz CT molecular complexity index is 320. The van der Waals surface area contributed by atoms with Crippen LogP contribution in [0.4, 0.5) is 0 Å². The maximum absolute atomic E-state index is 10.8. The topological polar surface area (TPSA) is 35.5 Å². The van der Waals surface area contributed by atoms with Crippen molar-refractivity contribution in [2.24, 2.45) is 0 Å². The Labute approximate surface area is 90.0 Å². The number of aryl methyl sites for hydroxylation is 1. The molecule has 0 unspecified atom stereocenters. The summed E-state index contributed by atoms with van der Waals surface area (Å²) in [6.45, 7) is 2.56. The molecule has 0 fully saturated rings. The molecule has 0 N–H and O–H groups in total. The summed E-state index contributed by atoms with van der Waals surface area (Å²) < 4.78 is 10.0. The summed E-state index contributed by atoms with van der Waals surface area (Å²) in [5.74, 6) is 0.655. The second-order valence-corrected chi connectivity index (χ2v) is 3.34. The Morgan fingerprint density at radius 1 is 1.40 bits per heavy atom. The zero-order valence-electron chi connectivity index (χ0n) is 9.16. The van der Waals surface area contributed by atoms with Gasteiger partial charge in [0, 0.05) is 6.42 Å². The maximum Gasteiger partial charge on any atom is 0.305 e. The van der Waals surface area contributed by atoms with Gasteiger partial charge in [-0.1, -0.05) is 12.1 Å². The van der Waals surface area contributed by atoms with E-state index in [1.54, 1.807) is 0 Å². The molecule has 0 saturated heterocycles. The fourth-order valence-corrected chi connectivity index (χ4v) is 1.21. The predicted octanol–water partition coefficient (Wildman–Crippen LogP) is 2.33. The van der Waals surface area contributed by atoms with Crippen molar-refractivity contribution in [1.29, 1.82) is 0 Å². The van der Waals surface area contributed by atoms with Crippen LogP contribution in [0.25, 0.3) is 0 Å². The summed E-state index contributed by atoms with van der Waals surface area (Å²) in [5.41, 5.74) is 1.17. The smallest absolute Gasteiger partial charge is 0.305 e.